The third-order valence-electron chi connectivity index (χ3n) is 4.32. The molecule has 1 aliphatic heterocycles. The molecule has 130 valence electrons. The number of anilines is 2. The number of amides is 2. The Morgan fingerprint density at radius 2 is 2.08 bits per heavy atom. The summed E-state index contributed by atoms with van der Waals surface area (Å²) in [7, 11) is 0. The summed E-state index contributed by atoms with van der Waals surface area (Å²) in [6, 6.07) is 13.5. The van der Waals surface area contributed by atoms with E-state index in [4.69, 9.17) is 0 Å². The number of thiazole rings is 1. The van der Waals surface area contributed by atoms with E-state index >= 15 is 0 Å². The van der Waals surface area contributed by atoms with Crippen LogP contribution in [0.1, 0.15) is 27.2 Å². The number of rotatable bonds is 3. The molecule has 2 heterocycles. The van der Waals surface area contributed by atoms with Gasteiger partial charge in [-0.05, 0) is 43.2 Å². The van der Waals surface area contributed by atoms with E-state index in [1.807, 2.05) is 43.3 Å². The van der Waals surface area contributed by atoms with Gasteiger partial charge in [-0.2, -0.15) is 0 Å². The van der Waals surface area contributed by atoms with Gasteiger partial charge in [-0.15, -0.1) is 11.3 Å². The maximum atomic E-state index is 12.8. The number of nitrogens with zero attached hydrogens (tertiary/aromatic N) is 1. The topological polar surface area (TPSA) is 71.1 Å². The van der Waals surface area contributed by atoms with Crippen molar-refractivity contribution in [2.24, 2.45) is 0 Å². The maximum Gasteiger partial charge on any atom is 0.268 e. The highest BCUT2D eigenvalue weighted by Gasteiger charge is 2.18. The summed E-state index contributed by atoms with van der Waals surface area (Å²) >= 11 is 1.33. The molecule has 6 heteroatoms. The molecular formula is C20H17N3O2S. The largest absolute Gasteiger partial charge is 0.326 e. The van der Waals surface area contributed by atoms with Crippen molar-refractivity contribution in [3.05, 3.63) is 64.0 Å². The van der Waals surface area contributed by atoms with E-state index in [1.54, 1.807) is 11.6 Å². The molecule has 0 fully saturated rings. The minimum atomic E-state index is -0.177. The predicted octanol–water partition coefficient (Wildman–Crippen LogP) is 4.26. The molecule has 0 bridgehead atoms. The van der Waals surface area contributed by atoms with E-state index in [1.165, 1.54) is 11.3 Å². The average Bonchev–Trinajstić information content (AvgIpc) is 3.12. The van der Waals surface area contributed by atoms with Gasteiger partial charge in [-0.25, -0.2) is 4.98 Å². The van der Waals surface area contributed by atoms with Crippen molar-refractivity contribution in [1.29, 1.82) is 0 Å². The van der Waals surface area contributed by atoms with Crippen molar-refractivity contribution in [3.63, 3.8) is 0 Å². The number of hydrogen-bond acceptors (Lipinski definition) is 4. The maximum absolute atomic E-state index is 12.8. The van der Waals surface area contributed by atoms with Crippen LogP contribution in [0.3, 0.4) is 0 Å². The third kappa shape index (κ3) is 3.23. The molecule has 2 N–H and O–H groups in total. The van der Waals surface area contributed by atoms with Crippen molar-refractivity contribution in [2.75, 3.05) is 10.6 Å². The Kier molecular flexibility index (Phi) is 4.26. The summed E-state index contributed by atoms with van der Waals surface area (Å²) in [5.74, 6) is -0.148. The minimum absolute atomic E-state index is 0.0294. The number of benzene rings is 2. The Morgan fingerprint density at radius 3 is 2.92 bits per heavy atom. The van der Waals surface area contributed by atoms with Crippen LogP contribution >= 0.6 is 11.3 Å². The van der Waals surface area contributed by atoms with Crippen LogP contribution in [0.25, 0.3) is 11.3 Å². The van der Waals surface area contributed by atoms with Gasteiger partial charge in [-0.3, -0.25) is 9.59 Å². The van der Waals surface area contributed by atoms with Crippen molar-refractivity contribution >= 4 is 34.5 Å². The zero-order valence-electron chi connectivity index (χ0n) is 14.2. The normalized spacial score (nSPS) is 13.0. The van der Waals surface area contributed by atoms with Gasteiger partial charge in [-0.1, -0.05) is 23.8 Å². The molecule has 0 radical (unpaired) electrons. The van der Waals surface area contributed by atoms with Crippen molar-refractivity contribution in [2.45, 2.75) is 19.8 Å². The molecule has 2 amide bonds. The Hall–Kier alpha value is -2.99. The van der Waals surface area contributed by atoms with Crippen LogP contribution in [0.5, 0.6) is 0 Å². The van der Waals surface area contributed by atoms with Crippen molar-refractivity contribution in [1.82, 2.24) is 4.98 Å². The molecule has 0 saturated heterocycles. The van der Waals surface area contributed by atoms with Gasteiger partial charge in [0.05, 0.1) is 11.2 Å². The zero-order chi connectivity index (χ0) is 18.1. The fourth-order valence-electron chi connectivity index (χ4n) is 3.05. The summed E-state index contributed by atoms with van der Waals surface area (Å²) in [5, 5.41) is 5.79. The number of nitrogens with one attached hydrogen (secondary N) is 2. The molecule has 0 aliphatic carbocycles. The number of aryl methyl sites for hydroxylation is 2. The van der Waals surface area contributed by atoms with Crippen molar-refractivity contribution < 1.29 is 9.59 Å². The molecule has 0 saturated carbocycles. The fraction of sp³-hybridized carbons (Fsp3) is 0.150. The lowest BCUT2D eigenvalue weighted by atomic mass is 10.0. The first-order valence-corrected chi connectivity index (χ1v) is 9.23. The first kappa shape index (κ1) is 16.5. The molecule has 1 aliphatic rings. The summed E-state index contributed by atoms with van der Waals surface area (Å²) in [4.78, 5) is 29.2. The summed E-state index contributed by atoms with van der Waals surface area (Å²) in [5.41, 5.74) is 7.01. The number of fused-ring (bicyclic) bond motifs is 1. The van der Waals surface area contributed by atoms with Crippen LogP contribution in [-0.4, -0.2) is 16.8 Å². The number of carbonyl (C=O) groups excluding carboxylic acids is 2. The van der Waals surface area contributed by atoms with Crippen LogP contribution in [0, 0.1) is 6.92 Å². The fourth-order valence-corrected chi connectivity index (χ4v) is 3.76. The quantitative estimate of drug-likeness (QED) is 0.730. The highest BCUT2D eigenvalue weighted by molar-refractivity contribution is 7.12. The van der Waals surface area contributed by atoms with Crippen LogP contribution in [0.4, 0.5) is 11.4 Å². The van der Waals surface area contributed by atoms with Crippen LogP contribution < -0.4 is 10.6 Å². The van der Waals surface area contributed by atoms with Gasteiger partial charge in [0.25, 0.3) is 5.91 Å². The van der Waals surface area contributed by atoms with E-state index in [0.29, 0.717) is 29.1 Å². The van der Waals surface area contributed by atoms with Gasteiger partial charge in [0.1, 0.15) is 4.88 Å². The molecule has 5 nitrogen and oxygen atoms in total. The van der Waals surface area contributed by atoms with E-state index in [2.05, 4.69) is 15.6 Å². The second-order valence-electron chi connectivity index (χ2n) is 6.27. The molecule has 26 heavy (non-hydrogen) atoms. The SMILES string of the molecule is Cc1cccc(-c2ncsc2C(=O)Nc2ccc3c(c2)CCC(=O)N3)c1. The van der Waals surface area contributed by atoms with Crippen LogP contribution in [0.2, 0.25) is 0 Å². The molecular weight excluding hydrogens is 346 g/mol. The number of hydrogen-bond donors (Lipinski definition) is 2. The minimum Gasteiger partial charge on any atom is -0.326 e. The lowest BCUT2D eigenvalue weighted by Gasteiger charge is -2.17. The van der Waals surface area contributed by atoms with Crippen LogP contribution in [0.15, 0.2) is 48.0 Å². The molecule has 0 atom stereocenters. The summed E-state index contributed by atoms with van der Waals surface area (Å²) < 4.78 is 0. The lowest BCUT2D eigenvalue weighted by Crippen LogP contribution is -2.19. The number of carbonyl (C=O) groups is 2. The van der Waals surface area contributed by atoms with Gasteiger partial charge in [0.15, 0.2) is 0 Å². The van der Waals surface area contributed by atoms with Gasteiger partial charge in [0.2, 0.25) is 5.91 Å². The highest BCUT2D eigenvalue weighted by Crippen LogP contribution is 2.29. The smallest absolute Gasteiger partial charge is 0.268 e. The van der Waals surface area contributed by atoms with Gasteiger partial charge in [0, 0.05) is 23.4 Å². The summed E-state index contributed by atoms with van der Waals surface area (Å²) in [6.45, 7) is 2.02. The van der Waals surface area contributed by atoms with E-state index in [-0.39, 0.29) is 11.8 Å². The Morgan fingerprint density at radius 1 is 1.19 bits per heavy atom. The molecule has 3 aromatic rings. The van der Waals surface area contributed by atoms with Crippen molar-refractivity contribution in [3.8, 4) is 11.3 Å². The monoisotopic (exact) mass is 363 g/mol. The molecule has 0 spiro atoms. The first-order valence-electron chi connectivity index (χ1n) is 8.35. The Bertz CT molecular complexity index is 1010. The standard InChI is InChI=1S/C20H17N3O2S/c1-12-3-2-4-14(9-12)18-19(26-11-21-18)20(25)22-15-6-7-16-13(10-15)5-8-17(24)23-16/h2-4,6-7,9-11H,5,8H2,1H3,(H,22,25)(H,23,24). The van der Waals surface area contributed by atoms with Gasteiger partial charge < -0.3 is 10.6 Å². The Labute approximate surface area is 155 Å². The average molecular weight is 363 g/mol. The Balaban J connectivity index is 1.58. The second-order valence-corrected chi connectivity index (χ2v) is 7.13. The van der Waals surface area contributed by atoms with Crippen LogP contribution in [-0.2, 0) is 11.2 Å². The molecule has 0 unspecified atom stereocenters. The molecule has 1 aromatic heterocycles. The van der Waals surface area contributed by atoms with E-state index < -0.39 is 0 Å². The highest BCUT2D eigenvalue weighted by atomic mass is 32.1. The number of aromatic nitrogens is 1. The van der Waals surface area contributed by atoms with E-state index in [9.17, 15) is 9.59 Å². The summed E-state index contributed by atoms with van der Waals surface area (Å²) in [6.07, 6.45) is 1.15. The van der Waals surface area contributed by atoms with E-state index in [0.717, 1.165) is 22.4 Å². The zero-order valence-corrected chi connectivity index (χ0v) is 15.0. The predicted molar refractivity (Wildman–Crippen MR) is 104 cm³/mol. The molecule has 2 aromatic carbocycles. The third-order valence-corrected chi connectivity index (χ3v) is 5.15. The first-order chi connectivity index (χ1) is 12.6. The lowest BCUT2D eigenvalue weighted by molar-refractivity contribution is -0.116. The molecule has 4 rings (SSSR count). The van der Waals surface area contributed by atoms with Gasteiger partial charge >= 0.3 is 0 Å². The second kappa shape index (κ2) is 6.72.